The molecule has 0 atom stereocenters. The number of fused-ring (bicyclic) bond motifs is 2. The van der Waals surface area contributed by atoms with Crippen LogP contribution in [0.5, 0.6) is 11.5 Å². The fraction of sp³-hybridized carbons (Fsp3) is 0.167. The van der Waals surface area contributed by atoms with E-state index in [0.717, 1.165) is 21.6 Å². The highest BCUT2D eigenvalue weighted by atomic mass is 32.1. The Bertz CT molecular complexity index is 1290. The standard InChI is InChI=1S/C18H15N7O2S/c1-26-14-8-7-11(9-15(14)27-2)17-22-25-16(20-21-18(25)28-17)10-24-13-6-4-3-5-12(13)19-23-24/h3-9H,10H2,1-2H3. The van der Waals surface area contributed by atoms with Crippen LogP contribution in [0.15, 0.2) is 42.5 Å². The average Bonchev–Trinajstić information content (AvgIpc) is 3.43. The molecule has 10 heteroatoms. The summed E-state index contributed by atoms with van der Waals surface area (Å²) in [6.45, 7) is 0.427. The van der Waals surface area contributed by atoms with Gasteiger partial charge in [0.2, 0.25) is 4.96 Å². The first-order valence-electron chi connectivity index (χ1n) is 8.48. The number of hydrogen-bond acceptors (Lipinski definition) is 8. The van der Waals surface area contributed by atoms with Crippen molar-refractivity contribution in [3.05, 3.63) is 48.3 Å². The number of para-hydroxylation sites is 1. The Hall–Kier alpha value is -3.53. The monoisotopic (exact) mass is 393 g/mol. The summed E-state index contributed by atoms with van der Waals surface area (Å²) in [5.74, 6) is 2.02. The molecular formula is C18H15N7O2S. The molecule has 3 heterocycles. The van der Waals surface area contributed by atoms with Crippen molar-refractivity contribution in [2.75, 3.05) is 14.2 Å². The van der Waals surface area contributed by atoms with Crippen molar-refractivity contribution < 1.29 is 9.47 Å². The van der Waals surface area contributed by atoms with Crippen LogP contribution in [0.4, 0.5) is 0 Å². The van der Waals surface area contributed by atoms with E-state index in [1.54, 1.807) is 23.4 Å². The third kappa shape index (κ3) is 2.65. The summed E-state index contributed by atoms with van der Waals surface area (Å²) in [5, 5.41) is 22.4. The maximum Gasteiger partial charge on any atom is 0.235 e. The first-order chi connectivity index (χ1) is 13.8. The summed E-state index contributed by atoms with van der Waals surface area (Å²) in [6, 6.07) is 13.5. The van der Waals surface area contributed by atoms with Crippen molar-refractivity contribution in [1.82, 2.24) is 34.8 Å². The van der Waals surface area contributed by atoms with Crippen LogP contribution in [0.2, 0.25) is 0 Å². The molecule has 9 nitrogen and oxygen atoms in total. The summed E-state index contributed by atoms with van der Waals surface area (Å²) in [7, 11) is 3.22. The van der Waals surface area contributed by atoms with E-state index in [1.165, 1.54) is 11.3 Å². The third-order valence-electron chi connectivity index (χ3n) is 4.40. The fourth-order valence-corrected chi connectivity index (χ4v) is 3.86. The summed E-state index contributed by atoms with van der Waals surface area (Å²) in [6.07, 6.45) is 0. The van der Waals surface area contributed by atoms with Crippen LogP contribution in [0, 0.1) is 0 Å². The van der Waals surface area contributed by atoms with Gasteiger partial charge < -0.3 is 9.47 Å². The van der Waals surface area contributed by atoms with E-state index in [0.29, 0.717) is 28.8 Å². The number of methoxy groups -OCH3 is 2. The Morgan fingerprint density at radius 3 is 2.68 bits per heavy atom. The Labute approximate surface area is 163 Å². The number of nitrogens with zero attached hydrogens (tertiary/aromatic N) is 7. The van der Waals surface area contributed by atoms with Crippen molar-refractivity contribution >= 4 is 27.3 Å². The molecule has 0 aliphatic carbocycles. The largest absolute Gasteiger partial charge is 0.493 e. The maximum absolute atomic E-state index is 5.39. The van der Waals surface area contributed by atoms with Gasteiger partial charge in [0.1, 0.15) is 17.1 Å². The minimum Gasteiger partial charge on any atom is -0.493 e. The average molecular weight is 393 g/mol. The Kier molecular flexibility index (Phi) is 3.90. The zero-order valence-corrected chi connectivity index (χ0v) is 15.9. The summed E-state index contributed by atoms with van der Waals surface area (Å²) in [4.78, 5) is 0.712. The van der Waals surface area contributed by atoms with Crippen LogP contribution in [0.25, 0.3) is 26.6 Å². The van der Waals surface area contributed by atoms with Gasteiger partial charge in [-0.15, -0.1) is 15.3 Å². The molecule has 0 saturated heterocycles. The van der Waals surface area contributed by atoms with Crippen molar-refractivity contribution in [1.29, 1.82) is 0 Å². The predicted molar refractivity (Wildman–Crippen MR) is 104 cm³/mol. The minimum atomic E-state index is 0.427. The van der Waals surface area contributed by atoms with Gasteiger partial charge in [-0.05, 0) is 30.3 Å². The van der Waals surface area contributed by atoms with Gasteiger partial charge in [0.05, 0.1) is 19.7 Å². The first-order valence-corrected chi connectivity index (χ1v) is 9.30. The first kappa shape index (κ1) is 16.6. The summed E-state index contributed by atoms with van der Waals surface area (Å²) in [5.41, 5.74) is 2.70. The highest BCUT2D eigenvalue weighted by Crippen LogP contribution is 2.34. The summed E-state index contributed by atoms with van der Waals surface area (Å²) >= 11 is 1.46. The highest BCUT2D eigenvalue weighted by Gasteiger charge is 2.16. The van der Waals surface area contributed by atoms with Crippen molar-refractivity contribution in [3.63, 3.8) is 0 Å². The Balaban J connectivity index is 1.52. The van der Waals surface area contributed by atoms with Gasteiger partial charge >= 0.3 is 0 Å². The Morgan fingerprint density at radius 2 is 1.82 bits per heavy atom. The van der Waals surface area contributed by atoms with Crippen LogP contribution >= 0.6 is 11.3 Å². The normalized spacial score (nSPS) is 11.4. The number of ether oxygens (including phenoxy) is 2. The van der Waals surface area contributed by atoms with Gasteiger partial charge in [-0.2, -0.15) is 9.61 Å². The van der Waals surface area contributed by atoms with Crippen molar-refractivity contribution in [3.8, 4) is 22.1 Å². The van der Waals surface area contributed by atoms with Crippen molar-refractivity contribution in [2.24, 2.45) is 0 Å². The van der Waals surface area contributed by atoms with Crippen LogP contribution in [0.3, 0.4) is 0 Å². The van der Waals surface area contributed by atoms with E-state index in [-0.39, 0.29) is 0 Å². The van der Waals surface area contributed by atoms with E-state index < -0.39 is 0 Å². The molecule has 5 rings (SSSR count). The molecule has 2 aromatic carbocycles. The molecule has 0 radical (unpaired) electrons. The molecule has 5 aromatic rings. The predicted octanol–water partition coefficient (Wildman–Crippen LogP) is 2.66. The molecule has 140 valence electrons. The van der Waals surface area contributed by atoms with E-state index in [1.807, 2.05) is 42.5 Å². The van der Waals surface area contributed by atoms with E-state index >= 15 is 0 Å². The zero-order valence-electron chi connectivity index (χ0n) is 15.1. The second kappa shape index (κ2) is 6.57. The number of benzene rings is 2. The van der Waals surface area contributed by atoms with Gasteiger partial charge in [-0.1, -0.05) is 28.7 Å². The number of rotatable bonds is 5. The van der Waals surface area contributed by atoms with Crippen molar-refractivity contribution in [2.45, 2.75) is 6.54 Å². The quantitative estimate of drug-likeness (QED) is 0.453. The lowest BCUT2D eigenvalue weighted by Gasteiger charge is -2.07. The molecule has 0 bridgehead atoms. The molecule has 0 N–H and O–H groups in total. The molecule has 28 heavy (non-hydrogen) atoms. The lowest BCUT2D eigenvalue weighted by Crippen LogP contribution is -2.06. The highest BCUT2D eigenvalue weighted by molar-refractivity contribution is 7.19. The molecule has 3 aromatic heterocycles. The molecule has 0 spiro atoms. The second-order valence-corrected chi connectivity index (χ2v) is 6.98. The van der Waals surface area contributed by atoms with E-state index in [9.17, 15) is 0 Å². The molecule has 0 aliphatic heterocycles. The molecule has 0 aliphatic rings. The van der Waals surface area contributed by atoms with Gasteiger partial charge in [-0.25, -0.2) is 4.68 Å². The van der Waals surface area contributed by atoms with E-state index in [2.05, 4.69) is 25.6 Å². The van der Waals surface area contributed by atoms with Crippen LogP contribution < -0.4 is 9.47 Å². The van der Waals surface area contributed by atoms with Crippen LogP contribution in [0.1, 0.15) is 5.82 Å². The van der Waals surface area contributed by atoms with Crippen LogP contribution in [-0.2, 0) is 6.54 Å². The molecule has 0 unspecified atom stereocenters. The SMILES string of the molecule is COc1ccc(-c2nn3c(Cn4nnc5ccccc54)nnc3s2)cc1OC. The third-order valence-corrected chi connectivity index (χ3v) is 5.35. The fourth-order valence-electron chi connectivity index (χ4n) is 3.01. The van der Waals surface area contributed by atoms with Gasteiger partial charge in [-0.3, -0.25) is 0 Å². The zero-order chi connectivity index (χ0) is 19.1. The lowest BCUT2D eigenvalue weighted by atomic mass is 10.2. The van der Waals surface area contributed by atoms with Crippen LogP contribution in [-0.4, -0.2) is 49.0 Å². The second-order valence-electron chi connectivity index (χ2n) is 6.02. The molecular weight excluding hydrogens is 378 g/mol. The smallest absolute Gasteiger partial charge is 0.235 e. The molecule has 0 amide bonds. The number of hydrogen-bond donors (Lipinski definition) is 0. The van der Waals surface area contributed by atoms with Gasteiger partial charge in [0.25, 0.3) is 0 Å². The summed E-state index contributed by atoms with van der Waals surface area (Å²) < 4.78 is 14.2. The minimum absolute atomic E-state index is 0.427. The maximum atomic E-state index is 5.39. The molecule has 0 saturated carbocycles. The van der Waals surface area contributed by atoms with Gasteiger partial charge in [0, 0.05) is 5.56 Å². The van der Waals surface area contributed by atoms with E-state index in [4.69, 9.17) is 9.47 Å². The Morgan fingerprint density at radius 1 is 0.964 bits per heavy atom. The topological polar surface area (TPSA) is 92.2 Å². The lowest BCUT2D eigenvalue weighted by molar-refractivity contribution is 0.355. The number of aromatic nitrogens is 7. The molecule has 0 fully saturated rings. The van der Waals surface area contributed by atoms with Gasteiger partial charge in [0.15, 0.2) is 17.3 Å².